The summed E-state index contributed by atoms with van der Waals surface area (Å²) < 4.78 is 6.48. The molecule has 3 nitrogen and oxygen atoms in total. The largest absolute Gasteiger partial charge is 0.496 e. The van der Waals surface area contributed by atoms with Gasteiger partial charge in [0, 0.05) is 22.6 Å². The van der Waals surface area contributed by atoms with Crippen molar-refractivity contribution in [2.24, 2.45) is 5.73 Å². The van der Waals surface area contributed by atoms with Gasteiger partial charge in [-0.15, -0.1) is 0 Å². The third-order valence-electron chi connectivity index (χ3n) is 3.77. The first-order valence-corrected chi connectivity index (χ1v) is 7.98. The highest BCUT2D eigenvalue weighted by Gasteiger charge is 2.15. The van der Waals surface area contributed by atoms with Gasteiger partial charge in [0.2, 0.25) is 0 Å². The normalized spacial score (nSPS) is 16.1. The number of hydrogen-bond donors (Lipinski definition) is 2. The minimum Gasteiger partial charge on any atom is -0.496 e. The molecule has 0 radical (unpaired) electrons. The lowest BCUT2D eigenvalue weighted by molar-refractivity contribution is 0.399. The summed E-state index contributed by atoms with van der Waals surface area (Å²) in [5, 5.41) is 3.55. The van der Waals surface area contributed by atoms with Crippen LogP contribution >= 0.6 is 15.9 Å². The van der Waals surface area contributed by atoms with Crippen LogP contribution in [-0.4, -0.2) is 20.2 Å². The van der Waals surface area contributed by atoms with E-state index in [4.69, 9.17) is 10.5 Å². The zero-order valence-electron chi connectivity index (χ0n) is 12.0. The van der Waals surface area contributed by atoms with E-state index in [-0.39, 0.29) is 6.04 Å². The zero-order valence-corrected chi connectivity index (χ0v) is 13.6. The molecule has 0 heterocycles. The number of rotatable bonds is 7. The summed E-state index contributed by atoms with van der Waals surface area (Å²) >= 11 is 3.51. The van der Waals surface area contributed by atoms with Gasteiger partial charge in [0.05, 0.1) is 7.11 Å². The molecule has 1 aromatic carbocycles. The first-order valence-electron chi connectivity index (χ1n) is 7.19. The molecule has 1 unspecified atom stereocenters. The fourth-order valence-electron chi connectivity index (χ4n) is 2.67. The number of allylic oxidation sites excluding steroid dienone is 1. The fourth-order valence-corrected chi connectivity index (χ4v) is 3.05. The second kappa shape index (κ2) is 7.81. The minimum absolute atomic E-state index is 0.129. The van der Waals surface area contributed by atoms with Crippen LogP contribution in [0.2, 0.25) is 0 Å². The molecule has 4 heteroatoms. The highest BCUT2D eigenvalue weighted by molar-refractivity contribution is 9.10. The van der Waals surface area contributed by atoms with E-state index in [9.17, 15) is 0 Å². The Labute approximate surface area is 129 Å². The molecule has 1 aromatic rings. The van der Waals surface area contributed by atoms with Crippen LogP contribution in [0, 0.1) is 0 Å². The van der Waals surface area contributed by atoms with Crippen LogP contribution < -0.4 is 15.8 Å². The quantitative estimate of drug-likeness (QED) is 0.747. The molecule has 1 aliphatic carbocycles. The molecule has 0 bridgehead atoms. The zero-order chi connectivity index (χ0) is 14.4. The van der Waals surface area contributed by atoms with E-state index in [1.54, 1.807) is 12.7 Å². The van der Waals surface area contributed by atoms with Gasteiger partial charge < -0.3 is 15.8 Å². The molecule has 3 N–H and O–H groups in total. The lowest BCUT2D eigenvalue weighted by Crippen LogP contribution is -2.29. The number of halogens is 1. The SMILES string of the molecule is COc1ccc(Br)cc1C(CN)NCCC1=CCCC1. The molecule has 0 fully saturated rings. The number of methoxy groups -OCH3 is 1. The Morgan fingerprint density at radius 1 is 1.45 bits per heavy atom. The van der Waals surface area contributed by atoms with Crippen LogP contribution in [0.1, 0.15) is 37.3 Å². The van der Waals surface area contributed by atoms with Crippen molar-refractivity contribution in [3.05, 3.63) is 39.9 Å². The van der Waals surface area contributed by atoms with E-state index in [0.717, 1.165) is 28.8 Å². The molecule has 1 aliphatic rings. The predicted octanol–water partition coefficient (Wildman–Crippen LogP) is 3.55. The highest BCUT2D eigenvalue weighted by atomic mass is 79.9. The van der Waals surface area contributed by atoms with Crippen molar-refractivity contribution in [1.29, 1.82) is 0 Å². The van der Waals surface area contributed by atoms with Crippen molar-refractivity contribution in [1.82, 2.24) is 5.32 Å². The molecule has 0 amide bonds. The molecule has 0 saturated carbocycles. The molecule has 1 atom stereocenters. The summed E-state index contributed by atoms with van der Waals surface area (Å²) in [5.41, 5.74) is 8.62. The summed E-state index contributed by atoms with van der Waals surface area (Å²) in [7, 11) is 1.70. The Bertz CT molecular complexity index is 474. The smallest absolute Gasteiger partial charge is 0.123 e. The van der Waals surface area contributed by atoms with E-state index in [0.29, 0.717) is 6.54 Å². The number of nitrogens with one attached hydrogen (secondary N) is 1. The van der Waals surface area contributed by atoms with Crippen LogP contribution in [0.15, 0.2) is 34.3 Å². The summed E-state index contributed by atoms with van der Waals surface area (Å²) in [6.45, 7) is 1.52. The molecule has 0 saturated heterocycles. The summed E-state index contributed by atoms with van der Waals surface area (Å²) in [5.74, 6) is 0.885. The Morgan fingerprint density at radius 2 is 2.30 bits per heavy atom. The monoisotopic (exact) mass is 338 g/mol. The van der Waals surface area contributed by atoms with Gasteiger partial charge in [0.25, 0.3) is 0 Å². The first-order chi connectivity index (χ1) is 9.74. The Balaban J connectivity index is 1.98. The van der Waals surface area contributed by atoms with Crippen LogP contribution in [-0.2, 0) is 0 Å². The van der Waals surface area contributed by atoms with Crippen LogP contribution in [0.25, 0.3) is 0 Å². The van der Waals surface area contributed by atoms with Crippen LogP contribution in [0.3, 0.4) is 0 Å². The van der Waals surface area contributed by atoms with Crippen molar-refractivity contribution in [3.8, 4) is 5.75 Å². The number of benzene rings is 1. The van der Waals surface area contributed by atoms with Crippen molar-refractivity contribution in [2.75, 3.05) is 20.2 Å². The predicted molar refractivity (Wildman–Crippen MR) is 87.0 cm³/mol. The van der Waals surface area contributed by atoms with Crippen LogP contribution in [0.4, 0.5) is 0 Å². The van der Waals surface area contributed by atoms with Gasteiger partial charge in [0.1, 0.15) is 5.75 Å². The minimum atomic E-state index is 0.129. The van der Waals surface area contributed by atoms with E-state index in [2.05, 4.69) is 33.4 Å². The van der Waals surface area contributed by atoms with E-state index in [1.807, 2.05) is 12.1 Å². The third-order valence-corrected chi connectivity index (χ3v) is 4.27. The molecule has 2 rings (SSSR count). The van der Waals surface area contributed by atoms with Gasteiger partial charge >= 0.3 is 0 Å². The average Bonchev–Trinajstić information content (AvgIpc) is 2.97. The number of ether oxygens (including phenoxy) is 1. The van der Waals surface area contributed by atoms with Gasteiger partial charge in [-0.3, -0.25) is 0 Å². The van der Waals surface area contributed by atoms with Crippen LogP contribution in [0.5, 0.6) is 5.75 Å². The maximum Gasteiger partial charge on any atom is 0.123 e. The van der Waals surface area contributed by atoms with E-state index >= 15 is 0 Å². The number of nitrogens with two attached hydrogens (primary N) is 1. The fraction of sp³-hybridized carbons (Fsp3) is 0.500. The van der Waals surface area contributed by atoms with Crippen molar-refractivity contribution in [2.45, 2.75) is 31.7 Å². The van der Waals surface area contributed by atoms with Crippen molar-refractivity contribution in [3.63, 3.8) is 0 Å². The Morgan fingerprint density at radius 3 is 2.95 bits per heavy atom. The molecule has 0 spiro atoms. The van der Waals surface area contributed by atoms with Gasteiger partial charge in [-0.05, 0) is 50.4 Å². The lowest BCUT2D eigenvalue weighted by atomic mass is 10.1. The van der Waals surface area contributed by atoms with Crippen molar-refractivity contribution < 1.29 is 4.74 Å². The van der Waals surface area contributed by atoms with E-state index < -0.39 is 0 Å². The van der Waals surface area contributed by atoms with Gasteiger partial charge in [-0.25, -0.2) is 0 Å². The molecule has 20 heavy (non-hydrogen) atoms. The summed E-state index contributed by atoms with van der Waals surface area (Å²) in [4.78, 5) is 0. The maximum absolute atomic E-state index is 5.92. The van der Waals surface area contributed by atoms with Gasteiger partial charge in [-0.2, -0.15) is 0 Å². The number of hydrogen-bond acceptors (Lipinski definition) is 3. The molecular weight excluding hydrogens is 316 g/mol. The molecule has 110 valence electrons. The first kappa shape index (κ1) is 15.5. The Kier molecular flexibility index (Phi) is 6.07. The van der Waals surface area contributed by atoms with Crippen molar-refractivity contribution >= 4 is 15.9 Å². The molecule has 0 aromatic heterocycles. The second-order valence-electron chi connectivity index (χ2n) is 5.13. The molecule has 0 aliphatic heterocycles. The Hall–Kier alpha value is -0.840. The van der Waals surface area contributed by atoms with Gasteiger partial charge in [-0.1, -0.05) is 27.6 Å². The van der Waals surface area contributed by atoms with E-state index in [1.165, 1.54) is 19.3 Å². The topological polar surface area (TPSA) is 47.3 Å². The summed E-state index contributed by atoms with van der Waals surface area (Å²) in [6.07, 6.45) is 7.31. The standard InChI is InChI=1S/C16H23BrN2O/c1-20-16-7-6-13(17)10-14(16)15(11-18)19-9-8-12-4-2-3-5-12/h4,6-7,10,15,19H,2-3,5,8-9,11,18H2,1H3. The lowest BCUT2D eigenvalue weighted by Gasteiger charge is -2.20. The maximum atomic E-state index is 5.92. The average molecular weight is 339 g/mol. The third kappa shape index (κ3) is 4.08. The highest BCUT2D eigenvalue weighted by Crippen LogP contribution is 2.28. The molecular formula is C16H23BrN2O. The second-order valence-corrected chi connectivity index (χ2v) is 6.05. The summed E-state index contributed by atoms with van der Waals surface area (Å²) in [6, 6.07) is 6.17. The van der Waals surface area contributed by atoms with Gasteiger partial charge in [0.15, 0.2) is 0 Å².